The van der Waals surface area contributed by atoms with Gasteiger partial charge in [-0.3, -0.25) is 9.59 Å². The van der Waals surface area contributed by atoms with E-state index < -0.39 is 0 Å². The zero-order valence-electron chi connectivity index (χ0n) is 15.5. The molecule has 0 unspecified atom stereocenters. The second-order valence-electron chi connectivity index (χ2n) is 6.51. The van der Waals surface area contributed by atoms with Crippen molar-refractivity contribution < 1.29 is 14.3 Å². The lowest BCUT2D eigenvalue weighted by atomic mass is 10.0. The summed E-state index contributed by atoms with van der Waals surface area (Å²) in [4.78, 5) is 28.0. The number of aromatic nitrogens is 1. The summed E-state index contributed by atoms with van der Waals surface area (Å²) in [5.41, 5.74) is 2.29. The zero-order chi connectivity index (χ0) is 19.9. The largest absolute Gasteiger partial charge is 0.364 e. The molecule has 2 amide bonds. The summed E-state index contributed by atoms with van der Waals surface area (Å²) in [6, 6.07) is 16.5. The van der Waals surface area contributed by atoms with Crippen molar-refractivity contribution in [3.05, 3.63) is 70.9 Å². The number of H-pyrrole nitrogens is 1. The Labute approximate surface area is 168 Å². The Morgan fingerprint density at radius 2 is 1.93 bits per heavy atom. The molecule has 0 radical (unpaired) electrons. The number of carbonyl (C=O) groups is 2. The normalized spacial score (nSPS) is 11.9. The fourth-order valence-electron chi connectivity index (χ4n) is 3.01. The molecule has 0 aliphatic carbocycles. The predicted octanol–water partition coefficient (Wildman–Crippen LogP) is 3.27. The molecule has 1 aromatic heterocycles. The molecule has 1 atom stereocenters. The van der Waals surface area contributed by atoms with Gasteiger partial charge < -0.3 is 20.4 Å². The summed E-state index contributed by atoms with van der Waals surface area (Å²) in [5.74, 6) is -0.459. The number of carbonyl (C=O) groups excluding carboxylic acids is 2. The highest BCUT2D eigenvalue weighted by atomic mass is 35.5. The zero-order valence-corrected chi connectivity index (χ0v) is 16.3. The molecule has 2 aromatic carbocycles. The number of ether oxygens (including phenoxy) is 1. The van der Waals surface area contributed by atoms with Gasteiger partial charge in [-0.05, 0) is 36.2 Å². The summed E-state index contributed by atoms with van der Waals surface area (Å²) in [6.45, 7) is 0.133. The van der Waals surface area contributed by atoms with Gasteiger partial charge in [0.1, 0.15) is 12.4 Å². The number of aromatic amines is 1. The molecule has 0 saturated heterocycles. The number of halogens is 1. The maximum atomic E-state index is 12.8. The van der Waals surface area contributed by atoms with Crippen molar-refractivity contribution >= 4 is 34.3 Å². The Morgan fingerprint density at radius 3 is 2.68 bits per heavy atom. The number of hydrogen-bond donors (Lipinski definition) is 3. The summed E-state index contributed by atoms with van der Waals surface area (Å²) < 4.78 is 4.87. The van der Waals surface area contributed by atoms with Crippen LogP contribution in [0.25, 0.3) is 10.9 Å². The molecule has 0 saturated carbocycles. The molecule has 3 N–H and O–H groups in total. The maximum absolute atomic E-state index is 12.8. The van der Waals surface area contributed by atoms with Gasteiger partial charge in [-0.25, -0.2) is 0 Å². The van der Waals surface area contributed by atoms with Gasteiger partial charge in [0, 0.05) is 35.5 Å². The minimum atomic E-state index is -0.359. The standard InChI is InChI=1S/C21H22ClN3O3/c1-28-13-23-20(26)12-17(9-14-5-3-2-4-6-14)24-21(27)19-11-15-10-16(22)7-8-18(15)25-19/h2-8,10-11,17,25H,9,12-13H2,1H3,(H,23,26)(H,24,27)/t17-/m0/s1. The van der Waals surface area contributed by atoms with Crippen molar-refractivity contribution in [1.82, 2.24) is 15.6 Å². The minimum absolute atomic E-state index is 0.133. The van der Waals surface area contributed by atoms with E-state index in [4.69, 9.17) is 16.3 Å². The van der Waals surface area contributed by atoms with Gasteiger partial charge in [-0.1, -0.05) is 41.9 Å². The van der Waals surface area contributed by atoms with Crippen LogP contribution in [0.2, 0.25) is 5.02 Å². The summed E-state index contributed by atoms with van der Waals surface area (Å²) >= 11 is 6.01. The van der Waals surface area contributed by atoms with Crippen LogP contribution in [0.5, 0.6) is 0 Å². The van der Waals surface area contributed by atoms with Crippen LogP contribution in [-0.4, -0.2) is 36.7 Å². The molecule has 0 bridgehead atoms. The van der Waals surface area contributed by atoms with E-state index in [1.165, 1.54) is 7.11 Å². The van der Waals surface area contributed by atoms with Gasteiger partial charge >= 0.3 is 0 Å². The molecular formula is C21H22ClN3O3. The molecule has 0 fully saturated rings. The maximum Gasteiger partial charge on any atom is 0.267 e. The molecule has 7 heteroatoms. The number of rotatable bonds is 8. The van der Waals surface area contributed by atoms with E-state index in [2.05, 4.69) is 15.6 Å². The number of nitrogens with one attached hydrogen (secondary N) is 3. The van der Waals surface area contributed by atoms with Crippen LogP contribution in [0, 0.1) is 0 Å². The van der Waals surface area contributed by atoms with E-state index in [-0.39, 0.29) is 31.0 Å². The van der Waals surface area contributed by atoms with E-state index in [1.807, 2.05) is 36.4 Å². The lowest BCUT2D eigenvalue weighted by molar-refractivity contribution is -0.122. The molecule has 28 heavy (non-hydrogen) atoms. The third kappa shape index (κ3) is 5.34. The Morgan fingerprint density at radius 1 is 1.14 bits per heavy atom. The van der Waals surface area contributed by atoms with Crippen LogP contribution in [0.15, 0.2) is 54.6 Å². The first-order valence-electron chi connectivity index (χ1n) is 8.94. The average Bonchev–Trinajstić information content (AvgIpc) is 3.10. The van der Waals surface area contributed by atoms with Crippen LogP contribution in [0.3, 0.4) is 0 Å². The Bertz CT molecular complexity index is 956. The smallest absolute Gasteiger partial charge is 0.267 e. The highest BCUT2D eigenvalue weighted by molar-refractivity contribution is 6.31. The summed E-state index contributed by atoms with van der Waals surface area (Å²) in [6.07, 6.45) is 0.690. The Hall–Kier alpha value is -2.83. The van der Waals surface area contributed by atoms with Crippen molar-refractivity contribution in [3.63, 3.8) is 0 Å². The third-order valence-electron chi connectivity index (χ3n) is 4.33. The minimum Gasteiger partial charge on any atom is -0.364 e. The summed E-state index contributed by atoms with van der Waals surface area (Å²) in [7, 11) is 1.51. The first-order chi connectivity index (χ1) is 13.5. The molecule has 0 aliphatic heterocycles. The van der Waals surface area contributed by atoms with Crippen LogP contribution in [0.1, 0.15) is 22.5 Å². The quantitative estimate of drug-likeness (QED) is 0.508. The molecule has 0 spiro atoms. The third-order valence-corrected chi connectivity index (χ3v) is 4.57. The number of amides is 2. The monoisotopic (exact) mass is 399 g/mol. The molecular weight excluding hydrogens is 378 g/mol. The van der Waals surface area contributed by atoms with Crippen molar-refractivity contribution in [1.29, 1.82) is 0 Å². The van der Waals surface area contributed by atoms with E-state index in [0.717, 1.165) is 16.5 Å². The van der Waals surface area contributed by atoms with Gasteiger partial charge in [0.15, 0.2) is 0 Å². The van der Waals surface area contributed by atoms with E-state index in [9.17, 15) is 9.59 Å². The molecule has 3 aromatic rings. The van der Waals surface area contributed by atoms with Crippen molar-refractivity contribution in [2.45, 2.75) is 18.9 Å². The second-order valence-corrected chi connectivity index (χ2v) is 6.95. The lowest BCUT2D eigenvalue weighted by Gasteiger charge is -2.18. The van der Waals surface area contributed by atoms with E-state index >= 15 is 0 Å². The number of hydrogen-bond acceptors (Lipinski definition) is 3. The topological polar surface area (TPSA) is 83.2 Å². The van der Waals surface area contributed by atoms with Crippen molar-refractivity contribution in [3.8, 4) is 0 Å². The Kier molecular flexibility index (Phi) is 6.68. The summed E-state index contributed by atoms with van der Waals surface area (Å²) in [5, 5.41) is 7.08. The molecule has 0 aliphatic rings. The number of fused-ring (bicyclic) bond motifs is 1. The molecule has 3 rings (SSSR count). The van der Waals surface area contributed by atoms with Gasteiger partial charge in [0.2, 0.25) is 5.91 Å². The first-order valence-corrected chi connectivity index (χ1v) is 9.31. The highest BCUT2D eigenvalue weighted by Crippen LogP contribution is 2.20. The fourth-order valence-corrected chi connectivity index (χ4v) is 3.19. The van der Waals surface area contributed by atoms with E-state index in [0.29, 0.717) is 17.1 Å². The second kappa shape index (κ2) is 9.39. The molecule has 1 heterocycles. The number of benzene rings is 2. The van der Waals surface area contributed by atoms with Gasteiger partial charge in [0.25, 0.3) is 5.91 Å². The molecule has 146 valence electrons. The molecule has 6 nitrogen and oxygen atoms in total. The number of methoxy groups -OCH3 is 1. The highest BCUT2D eigenvalue weighted by Gasteiger charge is 2.19. The van der Waals surface area contributed by atoms with E-state index in [1.54, 1.807) is 18.2 Å². The van der Waals surface area contributed by atoms with Gasteiger partial charge in [0.05, 0.1) is 0 Å². The predicted molar refractivity (Wildman–Crippen MR) is 109 cm³/mol. The van der Waals surface area contributed by atoms with Crippen molar-refractivity contribution in [2.24, 2.45) is 0 Å². The first kappa shape index (κ1) is 19.9. The van der Waals surface area contributed by atoms with Crippen LogP contribution in [0.4, 0.5) is 0 Å². The van der Waals surface area contributed by atoms with Gasteiger partial charge in [-0.2, -0.15) is 0 Å². The average molecular weight is 400 g/mol. The van der Waals surface area contributed by atoms with Gasteiger partial charge in [-0.15, -0.1) is 0 Å². The van der Waals surface area contributed by atoms with Crippen LogP contribution < -0.4 is 10.6 Å². The van der Waals surface area contributed by atoms with Crippen LogP contribution in [-0.2, 0) is 16.0 Å². The fraction of sp³-hybridized carbons (Fsp3) is 0.238. The van der Waals surface area contributed by atoms with Crippen LogP contribution >= 0.6 is 11.6 Å². The van der Waals surface area contributed by atoms with Crippen molar-refractivity contribution in [2.75, 3.05) is 13.8 Å². The Balaban J connectivity index is 1.74. The SMILES string of the molecule is COCNC(=O)C[C@H](Cc1ccccc1)NC(=O)c1cc2cc(Cl)ccc2[nH]1. The lowest BCUT2D eigenvalue weighted by Crippen LogP contribution is -2.41.